The topological polar surface area (TPSA) is 39.2 Å². The van der Waals surface area contributed by atoms with Crippen molar-refractivity contribution >= 4 is 5.78 Å². The van der Waals surface area contributed by atoms with Gasteiger partial charge in [-0.15, -0.1) is 0 Å². The minimum Gasteiger partial charge on any atom is -0.492 e. The largest absolute Gasteiger partial charge is 0.492 e. The van der Waals surface area contributed by atoms with E-state index < -0.39 is 0 Å². The Hall–Kier alpha value is -2.16. The number of aromatic nitrogens is 1. The predicted molar refractivity (Wildman–Crippen MR) is 78.1 cm³/mol. The van der Waals surface area contributed by atoms with Gasteiger partial charge in [-0.2, -0.15) is 0 Å². The third-order valence-corrected chi connectivity index (χ3v) is 3.58. The third-order valence-electron chi connectivity index (χ3n) is 3.58. The van der Waals surface area contributed by atoms with Crippen LogP contribution < -0.4 is 4.74 Å². The number of benzene rings is 1. The number of ether oxygens (including phenoxy) is 1. The molecule has 0 saturated carbocycles. The molecular formula is C17H17NO2. The van der Waals surface area contributed by atoms with Crippen LogP contribution in [-0.4, -0.2) is 17.4 Å². The van der Waals surface area contributed by atoms with Gasteiger partial charge in [-0.25, -0.2) is 0 Å². The van der Waals surface area contributed by atoms with Gasteiger partial charge in [-0.05, 0) is 30.0 Å². The lowest BCUT2D eigenvalue weighted by molar-refractivity contribution is 0.0994. The first-order valence-corrected chi connectivity index (χ1v) is 7.03. The lowest BCUT2D eigenvalue weighted by atomic mass is 9.98. The van der Waals surface area contributed by atoms with E-state index in [9.17, 15) is 4.79 Å². The van der Waals surface area contributed by atoms with Crippen molar-refractivity contribution in [2.45, 2.75) is 26.2 Å². The van der Waals surface area contributed by atoms with E-state index in [0.29, 0.717) is 13.0 Å². The number of nitrogens with zero attached hydrogens (tertiary/aromatic N) is 1. The first-order valence-electron chi connectivity index (χ1n) is 7.03. The highest BCUT2D eigenvalue weighted by atomic mass is 16.5. The van der Waals surface area contributed by atoms with E-state index in [4.69, 9.17) is 4.74 Å². The first-order chi connectivity index (χ1) is 9.79. The van der Waals surface area contributed by atoms with Gasteiger partial charge in [-0.1, -0.05) is 25.1 Å². The lowest BCUT2D eigenvalue weighted by Gasteiger charge is -2.10. The van der Waals surface area contributed by atoms with Crippen LogP contribution in [0, 0.1) is 0 Å². The SMILES string of the molecule is CCCOc1cncc(-c2cccc3c2CCC3=O)c1. The molecule has 3 heteroatoms. The van der Waals surface area contributed by atoms with Crippen LogP contribution in [0.15, 0.2) is 36.7 Å². The molecule has 1 aromatic carbocycles. The summed E-state index contributed by atoms with van der Waals surface area (Å²) in [7, 11) is 0. The van der Waals surface area contributed by atoms with Gasteiger partial charge >= 0.3 is 0 Å². The van der Waals surface area contributed by atoms with Crippen molar-refractivity contribution in [1.82, 2.24) is 4.98 Å². The highest BCUT2D eigenvalue weighted by Gasteiger charge is 2.22. The van der Waals surface area contributed by atoms with Crippen molar-refractivity contribution in [2.24, 2.45) is 0 Å². The molecule has 3 nitrogen and oxygen atoms in total. The zero-order valence-electron chi connectivity index (χ0n) is 11.6. The predicted octanol–water partition coefficient (Wildman–Crippen LogP) is 3.67. The molecule has 1 aliphatic carbocycles. The van der Waals surface area contributed by atoms with Gasteiger partial charge in [0, 0.05) is 23.7 Å². The van der Waals surface area contributed by atoms with Crippen LogP contribution in [-0.2, 0) is 6.42 Å². The average molecular weight is 267 g/mol. The zero-order valence-corrected chi connectivity index (χ0v) is 11.6. The molecule has 0 amide bonds. The number of carbonyl (C=O) groups excluding carboxylic acids is 1. The number of hydrogen-bond donors (Lipinski definition) is 0. The zero-order chi connectivity index (χ0) is 13.9. The molecule has 0 fully saturated rings. The molecule has 102 valence electrons. The monoisotopic (exact) mass is 267 g/mol. The molecule has 0 radical (unpaired) electrons. The van der Waals surface area contributed by atoms with Gasteiger partial charge in [0.2, 0.25) is 0 Å². The summed E-state index contributed by atoms with van der Waals surface area (Å²) in [6.45, 7) is 2.77. The van der Waals surface area contributed by atoms with Crippen molar-refractivity contribution in [1.29, 1.82) is 0 Å². The Balaban J connectivity index is 2.00. The number of pyridine rings is 1. The fraction of sp³-hybridized carbons (Fsp3) is 0.294. The van der Waals surface area contributed by atoms with E-state index in [1.165, 1.54) is 0 Å². The second kappa shape index (κ2) is 5.45. The Labute approximate surface area is 118 Å². The molecule has 0 unspecified atom stereocenters. The van der Waals surface area contributed by atoms with Crippen LogP contribution >= 0.6 is 0 Å². The molecule has 0 atom stereocenters. The van der Waals surface area contributed by atoms with Crippen LogP contribution in [0.5, 0.6) is 5.75 Å². The Morgan fingerprint density at radius 3 is 2.90 bits per heavy atom. The van der Waals surface area contributed by atoms with Crippen molar-refractivity contribution < 1.29 is 9.53 Å². The second-order valence-electron chi connectivity index (χ2n) is 5.01. The van der Waals surface area contributed by atoms with Gasteiger partial charge < -0.3 is 4.74 Å². The molecule has 3 rings (SSSR count). The second-order valence-corrected chi connectivity index (χ2v) is 5.01. The van der Waals surface area contributed by atoms with E-state index in [1.54, 1.807) is 6.20 Å². The highest BCUT2D eigenvalue weighted by Crippen LogP contribution is 2.33. The molecule has 20 heavy (non-hydrogen) atoms. The summed E-state index contributed by atoms with van der Waals surface area (Å²) in [6.07, 6.45) is 5.97. The van der Waals surface area contributed by atoms with Crippen molar-refractivity contribution in [3.63, 3.8) is 0 Å². The van der Waals surface area contributed by atoms with Crippen molar-refractivity contribution in [3.8, 4) is 16.9 Å². The van der Waals surface area contributed by atoms with Gasteiger partial charge in [-0.3, -0.25) is 9.78 Å². The van der Waals surface area contributed by atoms with Crippen LogP contribution in [0.4, 0.5) is 0 Å². The summed E-state index contributed by atoms with van der Waals surface area (Å²) in [4.78, 5) is 16.1. The Morgan fingerprint density at radius 2 is 2.05 bits per heavy atom. The number of carbonyl (C=O) groups is 1. The van der Waals surface area contributed by atoms with Gasteiger partial charge in [0.25, 0.3) is 0 Å². The first kappa shape index (κ1) is 12.9. The number of hydrogen-bond acceptors (Lipinski definition) is 3. The number of fused-ring (bicyclic) bond motifs is 1. The Morgan fingerprint density at radius 1 is 1.20 bits per heavy atom. The maximum absolute atomic E-state index is 11.8. The smallest absolute Gasteiger partial charge is 0.163 e. The number of rotatable bonds is 4. The van der Waals surface area contributed by atoms with E-state index in [1.807, 2.05) is 24.4 Å². The summed E-state index contributed by atoms with van der Waals surface area (Å²) in [5.74, 6) is 1.03. The standard InChI is InChI=1S/C17H17NO2/c1-2-8-20-13-9-12(10-18-11-13)14-4-3-5-16-15(14)6-7-17(16)19/h3-5,9-11H,2,6-8H2,1H3. The Bertz CT molecular complexity index is 649. The molecule has 0 aliphatic heterocycles. The summed E-state index contributed by atoms with van der Waals surface area (Å²) >= 11 is 0. The molecule has 1 heterocycles. The van der Waals surface area contributed by atoms with Crippen LogP contribution in [0.25, 0.3) is 11.1 Å². The molecular weight excluding hydrogens is 250 g/mol. The Kier molecular flexibility index (Phi) is 3.50. The van der Waals surface area contributed by atoms with E-state index in [2.05, 4.69) is 18.0 Å². The lowest BCUT2D eigenvalue weighted by Crippen LogP contribution is -1.96. The quantitative estimate of drug-likeness (QED) is 0.848. The van der Waals surface area contributed by atoms with Crippen LogP contribution in [0.1, 0.15) is 35.7 Å². The summed E-state index contributed by atoms with van der Waals surface area (Å²) in [6, 6.07) is 7.91. The summed E-state index contributed by atoms with van der Waals surface area (Å²) in [5, 5.41) is 0. The van der Waals surface area contributed by atoms with Gasteiger partial charge in [0.1, 0.15) is 5.75 Å². The normalized spacial score (nSPS) is 13.3. The molecule has 0 bridgehead atoms. The number of ketones is 1. The molecule has 1 aliphatic rings. The van der Waals surface area contributed by atoms with Gasteiger partial charge in [0.05, 0.1) is 12.8 Å². The van der Waals surface area contributed by atoms with E-state index in [-0.39, 0.29) is 5.78 Å². The van der Waals surface area contributed by atoms with Crippen LogP contribution in [0.2, 0.25) is 0 Å². The minimum atomic E-state index is 0.244. The summed E-state index contributed by atoms with van der Waals surface area (Å²) in [5.41, 5.74) is 4.13. The maximum Gasteiger partial charge on any atom is 0.163 e. The van der Waals surface area contributed by atoms with Gasteiger partial charge in [0.15, 0.2) is 5.78 Å². The van der Waals surface area contributed by atoms with Crippen molar-refractivity contribution in [2.75, 3.05) is 6.61 Å². The molecule has 0 N–H and O–H groups in total. The molecule has 2 aromatic rings. The maximum atomic E-state index is 11.8. The van der Waals surface area contributed by atoms with E-state index in [0.717, 1.165) is 40.8 Å². The molecule has 0 saturated heterocycles. The fourth-order valence-corrected chi connectivity index (χ4v) is 2.63. The van der Waals surface area contributed by atoms with E-state index >= 15 is 0 Å². The molecule has 0 spiro atoms. The average Bonchev–Trinajstić information content (AvgIpc) is 2.87. The van der Waals surface area contributed by atoms with Crippen molar-refractivity contribution in [3.05, 3.63) is 47.8 Å². The molecule has 1 aromatic heterocycles. The highest BCUT2D eigenvalue weighted by molar-refractivity contribution is 6.02. The third kappa shape index (κ3) is 2.31. The number of Topliss-reactive ketones (excluding diaryl/α,β-unsaturated/α-hetero) is 1. The minimum absolute atomic E-state index is 0.244. The fourth-order valence-electron chi connectivity index (χ4n) is 2.63. The summed E-state index contributed by atoms with van der Waals surface area (Å²) < 4.78 is 5.63. The van der Waals surface area contributed by atoms with Crippen LogP contribution in [0.3, 0.4) is 0 Å².